The van der Waals surface area contributed by atoms with Gasteiger partial charge in [0, 0.05) is 6.54 Å². The third-order valence-electron chi connectivity index (χ3n) is 5.50. The van der Waals surface area contributed by atoms with E-state index in [4.69, 9.17) is 0 Å². The van der Waals surface area contributed by atoms with Crippen LogP contribution in [0, 0.1) is 6.92 Å². The molecule has 0 saturated carbocycles. The number of fused-ring (bicyclic) bond motifs is 1. The summed E-state index contributed by atoms with van der Waals surface area (Å²) in [4.78, 5) is 14.9. The van der Waals surface area contributed by atoms with Gasteiger partial charge >= 0.3 is 6.18 Å². The number of carbonyl (C=O) groups excluding carboxylic acids is 1. The molecule has 0 saturated heterocycles. The second-order valence-corrected chi connectivity index (χ2v) is 7.25. The molecular formula is C22H20F3N3O2. The van der Waals surface area contributed by atoms with Crippen LogP contribution < -0.4 is 0 Å². The molecule has 1 aromatic heterocycles. The predicted molar refractivity (Wildman–Crippen MR) is 104 cm³/mol. The van der Waals surface area contributed by atoms with Gasteiger partial charge in [-0.05, 0) is 42.7 Å². The Hall–Kier alpha value is -3.13. The molecule has 1 N–H and O–H groups in total. The van der Waals surface area contributed by atoms with Crippen molar-refractivity contribution in [3.05, 3.63) is 82.7 Å². The number of rotatable bonds is 3. The largest absolute Gasteiger partial charge is 0.416 e. The average molecular weight is 415 g/mol. The van der Waals surface area contributed by atoms with E-state index in [9.17, 15) is 23.1 Å². The number of aliphatic hydroxyl groups excluding tert-OH is 1. The Balaban J connectivity index is 1.67. The molecule has 0 radical (unpaired) electrons. The van der Waals surface area contributed by atoms with E-state index in [0.29, 0.717) is 24.2 Å². The van der Waals surface area contributed by atoms with Crippen molar-refractivity contribution in [3.63, 3.8) is 0 Å². The standard InChI is InChI=1S/C22H20F3N3O2/c1-14-19(12-26-28(14)17-7-4-6-16(11-17)22(23,24)25)21(30)27-10-9-15-5-2-3-8-18(15)20(27)13-29/h2-8,11-12,20,29H,9-10,13H2,1H3. The topological polar surface area (TPSA) is 58.4 Å². The molecular weight excluding hydrogens is 395 g/mol. The molecule has 5 nitrogen and oxygen atoms in total. The molecule has 1 aliphatic heterocycles. The van der Waals surface area contributed by atoms with Crippen LogP contribution in [0.25, 0.3) is 5.69 Å². The van der Waals surface area contributed by atoms with Gasteiger partial charge in [-0.2, -0.15) is 18.3 Å². The van der Waals surface area contributed by atoms with Crippen LogP contribution in [-0.4, -0.2) is 38.8 Å². The summed E-state index contributed by atoms with van der Waals surface area (Å²) in [6.07, 6.45) is -2.43. The molecule has 1 aliphatic rings. The smallest absolute Gasteiger partial charge is 0.394 e. The van der Waals surface area contributed by atoms with Crippen LogP contribution in [-0.2, 0) is 12.6 Å². The fourth-order valence-electron chi connectivity index (χ4n) is 3.94. The Kier molecular flexibility index (Phi) is 5.11. The second-order valence-electron chi connectivity index (χ2n) is 7.25. The zero-order valence-corrected chi connectivity index (χ0v) is 16.2. The molecule has 30 heavy (non-hydrogen) atoms. The van der Waals surface area contributed by atoms with Crippen molar-refractivity contribution in [2.45, 2.75) is 25.6 Å². The maximum absolute atomic E-state index is 13.3. The maximum Gasteiger partial charge on any atom is 0.416 e. The van der Waals surface area contributed by atoms with Crippen molar-refractivity contribution in [2.24, 2.45) is 0 Å². The summed E-state index contributed by atoms with van der Waals surface area (Å²) in [5.74, 6) is -0.306. The summed E-state index contributed by atoms with van der Waals surface area (Å²) in [5.41, 5.74) is 2.18. The zero-order chi connectivity index (χ0) is 21.5. The van der Waals surface area contributed by atoms with Gasteiger partial charge in [-0.1, -0.05) is 30.3 Å². The molecule has 0 spiro atoms. The van der Waals surface area contributed by atoms with Crippen molar-refractivity contribution in [1.82, 2.24) is 14.7 Å². The minimum Gasteiger partial charge on any atom is -0.394 e. The summed E-state index contributed by atoms with van der Waals surface area (Å²) in [6.45, 7) is 1.87. The van der Waals surface area contributed by atoms with Crippen molar-refractivity contribution < 1.29 is 23.1 Å². The lowest BCUT2D eigenvalue weighted by Crippen LogP contribution is -2.41. The third-order valence-corrected chi connectivity index (χ3v) is 5.50. The monoisotopic (exact) mass is 415 g/mol. The summed E-state index contributed by atoms with van der Waals surface area (Å²) in [7, 11) is 0. The van der Waals surface area contributed by atoms with Crippen molar-refractivity contribution >= 4 is 5.91 Å². The first-order chi connectivity index (χ1) is 14.3. The molecule has 8 heteroatoms. The predicted octanol–water partition coefficient (Wildman–Crippen LogP) is 3.93. The first-order valence-corrected chi connectivity index (χ1v) is 9.53. The molecule has 2 heterocycles. The van der Waals surface area contributed by atoms with Crippen molar-refractivity contribution in [3.8, 4) is 5.69 Å². The Morgan fingerprint density at radius 3 is 2.70 bits per heavy atom. The van der Waals surface area contributed by atoms with Gasteiger partial charge in [-0.15, -0.1) is 0 Å². The fraction of sp³-hybridized carbons (Fsp3) is 0.273. The third kappa shape index (κ3) is 3.47. The first-order valence-electron chi connectivity index (χ1n) is 9.53. The van der Waals surface area contributed by atoms with Gasteiger partial charge in [0.1, 0.15) is 0 Å². The highest BCUT2D eigenvalue weighted by molar-refractivity contribution is 5.95. The summed E-state index contributed by atoms with van der Waals surface area (Å²) in [5, 5.41) is 14.1. The Morgan fingerprint density at radius 1 is 1.20 bits per heavy atom. The SMILES string of the molecule is Cc1c(C(=O)N2CCc3ccccc3C2CO)cnn1-c1cccc(C(F)(F)F)c1. The summed E-state index contributed by atoms with van der Waals surface area (Å²) in [6, 6.07) is 12.0. The molecule has 0 bridgehead atoms. The Morgan fingerprint density at radius 2 is 1.97 bits per heavy atom. The number of amides is 1. The lowest BCUT2D eigenvalue weighted by atomic mass is 9.92. The summed E-state index contributed by atoms with van der Waals surface area (Å²) >= 11 is 0. The van der Waals surface area contributed by atoms with E-state index in [1.807, 2.05) is 24.3 Å². The minimum absolute atomic E-state index is 0.219. The number of aliphatic hydroxyl groups is 1. The van der Waals surface area contributed by atoms with Gasteiger partial charge in [-0.25, -0.2) is 4.68 Å². The van der Waals surface area contributed by atoms with Gasteiger partial charge in [0.25, 0.3) is 5.91 Å². The molecule has 4 rings (SSSR count). The van der Waals surface area contributed by atoms with Crippen LogP contribution in [0.4, 0.5) is 13.2 Å². The first kappa shape index (κ1) is 20.2. The van der Waals surface area contributed by atoms with Crippen LogP contribution in [0.2, 0.25) is 0 Å². The van der Waals surface area contributed by atoms with Crippen LogP contribution in [0.15, 0.2) is 54.7 Å². The molecule has 2 aromatic carbocycles. The van der Waals surface area contributed by atoms with Crippen molar-refractivity contribution in [2.75, 3.05) is 13.2 Å². The van der Waals surface area contributed by atoms with Gasteiger partial charge < -0.3 is 10.0 Å². The summed E-state index contributed by atoms with van der Waals surface area (Å²) < 4.78 is 40.5. The lowest BCUT2D eigenvalue weighted by molar-refractivity contribution is -0.137. The maximum atomic E-state index is 13.3. The molecule has 0 aliphatic carbocycles. The zero-order valence-electron chi connectivity index (χ0n) is 16.2. The van der Waals surface area contributed by atoms with Gasteiger partial charge in [0.15, 0.2) is 0 Å². The van der Waals surface area contributed by atoms with E-state index in [1.54, 1.807) is 11.8 Å². The van der Waals surface area contributed by atoms with E-state index < -0.39 is 17.8 Å². The molecule has 0 fully saturated rings. The molecule has 156 valence electrons. The number of nitrogens with zero attached hydrogens (tertiary/aromatic N) is 3. The Bertz CT molecular complexity index is 1090. The molecule has 1 atom stereocenters. The number of alkyl halides is 3. The van der Waals surface area contributed by atoms with Gasteiger partial charge in [-0.3, -0.25) is 4.79 Å². The number of hydrogen-bond acceptors (Lipinski definition) is 3. The van der Waals surface area contributed by atoms with E-state index >= 15 is 0 Å². The highest BCUT2D eigenvalue weighted by Crippen LogP contribution is 2.32. The van der Waals surface area contributed by atoms with Crippen LogP contribution in [0.5, 0.6) is 0 Å². The number of benzene rings is 2. The average Bonchev–Trinajstić information content (AvgIpc) is 3.13. The van der Waals surface area contributed by atoms with E-state index in [0.717, 1.165) is 23.3 Å². The molecule has 1 amide bonds. The molecule has 3 aromatic rings. The quantitative estimate of drug-likeness (QED) is 0.705. The number of aromatic nitrogens is 2. The minimum atomic E-state index is -4.47. The highest BCUT2D eigenvalue weighted by atomic mass is 19.4. The lowest BCUT2D eigenvalue weighted by Gasteiger charge is -2.36. The van der Waals surface area contributed by atoms with E-state index in [1.165, 1.54) is 23.0 Å². The van der Waals surface area contributed by atoms with Gasteiger partial charge in [0.05, 0.1) is 41.4 Å². The highest BCUT2D eigenvalue weighted by Gasteiger charge is 2.33. The number of carbonyl (C=O) groups is 1. The normalized spacial score (nSPS) is 16.4. The number of hydrogen-bond donors (Lipinski definition) is 1. The van der Waals surface area contributed by atoms with E-state index in [-0.39, 0.29) is 18.2 Å². The molecule has 1 unspecified atom stereocenters. The van der Waals surface area contributed by atoms with Gasteiger partial charge in [0.2, 0.25) is 0 Å². The van der Waals surface area contributed by atoms with Crippen LogP contribution >= 0.6 is 0 Å². The van der Waals surface area contributed by atoms with E-state index in [2.05, 4.69) is 5.10 Å². The van der Waals surface area contributed by atoms with Crippen LogP contribution in [0.1, 0.15) is 38.8 Å². The number of halogens is 3. The van der Waals surface area contributed by atoms with Crippen molar-refractivity contribution in [1.29, 1.82) is 0 Å². The Labute approximate surface area is 171 Å². The second kappa shape index (κ2) is 7.60. The van der Waals surface area contributed by atoms with Crippen LogP contribution in [0.3, 0.4) is 0 Å². The fourth-order valence-corrected chi connectivity index (χ4v) is 3.94.